The van der Waals surface area contributed by atoms with Crippen molar-refractivity contribution in [1.82, 2.24) is 5.32 Å². The van der Waals surface area contributed by atoms with E-state index in [9.17, 15) is 4.79 Å². The van der Waals surface area contributed by atoms with E-state index in [4.69, 9.17) is 4.74 Å². The summed E-state index contributed by atoms with van der Waals surface area (Å²) in [6, 6.07) is 9.66. The van der Waals surface area contributed by atoms with E-state index < -0.39 is 0 Å². The Bertz CT molecular complexity index is 454. The van der Waals surface area contributed by atoms with Gasteiger partial charge in [0.05, 0.1) is 0 Å². The second kappa shape index (κ2) is 9.81. The number of hydrogen-bond acceptors (Lipinski definition) is 2. The summed E-state index contributed by atoms with van der Waals surface area (Å²) in [6.45, 7) is 8.20. The Morgan fingerprint density at radius 3 is 2.67 bits per heavy atom. The Balaban J connectivity index is 2.47. The molecule has 1 amide bonds. The monoisotopic (exact) mass is 287 g/mol. The van der Waals surface area contributed by atoms with Gasteiger partial charge >= 0.3 is 6.09 Å². The Kier molecular flexibility index (Phi) is 7.95. The van der Waals surface area contributed by atoms with Crippen LogP contribution in [-0.2, 0) is 11.3 Å². The van der Waals surface area contributed by atoms with E-state index in [1.54, 1.807) is 0 Å². The highest BCUT2D eigenvalue weighted by atomic mass is 16.5. The van der Waals surface area contributed by atoms with Crippen molar-refractivity contribution >= 4 is 6.09 Å². The first-order valence-corrected chi connectivity index (χ1v) is 7.42. The molecule has 3 heteroatoms. The number of carbonyl (C=O) groups is 1. The van der Waals surface area contributed by atoms with E-state index in [1.807, 2.05) is 43.3 Å². The van der Waals surface area contributed by atoms with Crippen LogP contribution in [0.1, 0.15) is 32.3 Å². The van der Waals surface area contributed by atoms with Crippen molar-refractivity contribution < 1.29 is 9.53 Å². The number of hydrogen-bond donors (Lipinski definition) is 1. The fourth-order valence-corrected chi connectivity index (χ4v) is 1.89. The van der Waals surface area contributed by atoms with Gasteiger partial charge in [0.25, 0.3) is 0 Å². The number of benzene rings is 1. The maximum absolute atomic E-state index is 11.9. The first kappa shape index (κ1) is 17.0. The second-order valence-electron chi connectivity index (χ2n) is 5.02. The van der Waals surface area contributed by atoms with Crippen molar-refractivity contribution in [3.8, 4) is 0 Å². The maximum atomic E-state index is 11.9. The molecule has 21 heavy (non-hydrogen) atoms. The van der Waals surface area contributed by atoms with Crippen LogP contribution < -0.4 is 5.32 Å². The molecule has 0 unspecified atom stereocenters. The lowest BCUT2D eigenvalue weighted by Gasteiger charge is -2.21. The highest BCUT2D eigenvalue weighted by Gasteiger charge is 2.16. The molecule has 1 rings (SSSR count). The predicted molar refractivity (Wildman–Crippen MR) is 87.0 cm³/mol. The third kappa shape index (κ3) is 6.80. The number of carbonyl (C=O) groups excluding carboxylic acids is 1. The molecule has 2 atom stereocenters. The zero-order valence-corrected chi connectivity index (χ0v) is 12.9. The summed E-state index contributed by atoms with van der Waals surface area (Å²) >= 11 is 0. The predicted octanol–water partition coefficient (Wildman–Crippen LogP) is 4.46. The molecule has 114 valence electrons. The van der Waals surface area contributed by atoms with E-state index in [0.29, 0.717) is 0 Å². The minimum absolute atomic E-state index is 0.00794. The SMILES string of the molecule is C=C[C@H](C)[C@@H](CC=CCC)NC(=O)OCc1ccccc1. The zero-order chi connectivity index (χ0) is 15.5. The van der Waals surface area contributed by atoms with Crippen LogP contribution >= 0.6 is 0 Å². The van der Waals surface area contributed by atoms with Gasteiger partial charge in [-0.2, -0.15) is 0 Å². The van der Waals surface area contributed by atoms with E-state index in [0.717, 1.165) is 18.4 Å². The lowest BCUT2D eigenvalue weighted by Crippen LogP contribution is -2.38. The number of allylic oxidation sites excluding steroid dienone is 1. The van der Waals surface area contributed by atoms with Gasteiger partial charge < -0.3 is 10.1 Å². The number of nitrogens with one attached hydrogen (secondary N) is 1. The van der Waals surface area contributed by atoms with Crippen LogP contribution in [0.25, 0.3) is 0 Å². The number of alkyl carbamates (subject to hydrolysis) is 1. The van der Waals surface area contributed by atoms with Crippen molar-refractivity contribution in [3.63, 3.8) is 0 Å². The number of rotatable bonds is 8. The van der Waals surface area contributed by atoms with Crippen LogP contribution in [0.5, 0.6) is 0 Å². The van der Waals surface area contributed by atoms with Gasteiger partial charge in [0.15, 0.2) is 0 Å². The Hall–Kier alpha value is -2.03. The molecular formula is C18H25NO2. The topological polar surface area (TPSA) is 38.3 Å². The first-order valence-electron chi connectivity index (χ1n) is 7.42. The van der Waals surface area contributed by atoms with Crippen LogP contribution in [0.4, 0.5) is 4.79 Å². The molecule has 0 radical (unpaired) electrons. The lowest BCUT2D eigenvalue weighted by molar-refractivity contribution is 0.133. The maximum Gasteiger partial charge on any atom is 0.407 e. The van der Waals surface area contributed by atoms with Gasteiger partial charge in [-0.3, -0.25) is 0 Å². The summed E-state index contributed by atoms with van der Waals surface area (Å²) < 4.78 is 5.25. The van der Waals surface area contributed by atoms with Gasteiger partial charge in [-0.25, -0.2) is 4.79 Å². The summed E-state index contributed by atoms with van der Waals surface area (Å²) in [5.41, 5.74) is 0.979. The van der Waals surface area contributed by atoms with Gasteiger partial charge in [0.1, 0.15) is 6.61 Å². The molecular weight excluding hydrogens is 262 g/mol. The normalized spacial score (nSPS) is 13.6. The highest BCUT2D eigenvalue weighted by Crippen LogP contribution is 2.10. The molecule has 1 N–H and O–H groups in total. The molecule has 0 saturated heterocycles. The van der Waals surface area contributed by atoms with Crippen molar-refractivity contribution in [2.75, 3.05) is 0 Å². The van der Waals surface area contributed by atoms with E-state index in [-0.39, 0.29) is 24.7 Å². The quantitative estimate of drug-likeness (QED) is 0.717. The molecule has 0 spiro atoms. The second-order valence-corrected chi connectivity index (χ2v) is 5.02. The molecule has 1 aromatic carbocycles. The summed E-state index contributed by atoms with van der Waals surface area (Å²) in [4.78, 5) is 11.9. The average molecular weight is 287 g/mol. The Labute approximate surface area is 127 Å². The van der Waals surface area contributed by atoms with Crippen LogP contribution in [0, 0.1) is 5.92 Å². The van der Waals surface area contributed by atoms with E-state index >= 15 is 0 Å². The molecule has 0 fully saturated rings. The molecule has 0 bridgehead atoms. The van der Waals surface area contributed by atoms with Gasteiger partial charge in [-0.15, -0.1) is 6.58 Å². The van der Waals surface area contributed by atoms with Crippen molar-refractivity contribution in [3.05, 3.63) is 60.7 Å². The van der Waals surface area contributed by atoms with E-state index in [2.05, 4.69) is 31.0 Å². The summed E-state index contributed by atoms with van der Waals surface area (Å²) in [7, 11) is 0. The molecule has 0 aliphatic rings. The number of ether oxygens (including phenoxy) is 1. The standard InChI is InChI=1S/C18H25NO2/c1-4-6-8-13-17(15(3)5-2)19-18(20)21-14-16-11-9-7-10-12-16/h5-12,15,17H,2,4,13-14H2,1,3H3,(H,19,20)/t15-,17+/m0/s1. The Morgan fingerprint density at radius 1 is 1.33 bits per heavy atom. The van der Waals surface area contributed by atoms with E-state index in [1.165, 1.54) is 0 Å². The minimum Gasteiger partial charge on any atom is -0.445 e. The highest BCUT2D eigenvalue weighted by molar-refractivity contribution is 5.67. The van der Waals surface area contributed by atoms with Gasteiger partial charge in [0.2, 0.25) is 0 Å². The van der Waals surface area contributed by atoms with Crippen molar-refractivity contribution in [2.45, 2.75) is 39.3 Å². The van der Waals surface area contributed by atoms with Crippen molar-refractivity contribution in [2.24, 2.45) is 5.92 Å². The third-order valence-corrected chi connectivity index (χ3v) is 3.31. The van der Waals surface area contributed by atoms with Crippen LogP contribution in [0.15, 0.2) is 55.1 Å². The summed E-state index contributed by atoms with van der Waals surface area (Å²) in [5, 5.41) is 2.91. The fourth-order valence-electron chi connectivity index (χ4n) is 1.89. The van der Waals surface area contributed by atoms with Gasteiger partial charge in [-0.05, 0) is 24.3 Å². The molecule has 0 aliphatic heterocycles. The molecule has 0 aromatic heterocycles. The summed E-state index contributed by atoms with van der Waals surface area (Å²) in [5.74, 6) is 0.191. The zero-order valence-electron chi connectivity index (χ0n) is 12.9. The molecule has 0 heterocycles. The molecule has 0 saturated carbocycles. The molecule has 1 aromatic rings. The first-order chi connectivity index (χ1) is 10.2. The van der Waals surface area contributed by atoms with Gasteiger partial charge in [-0.1, -0.05) is 62.4 Å². The fraction of sp³-hybridized carbons (Fsp3) is 0.389. The smallest absolute Gasteiger partial charge is 0.407 e. The largest absolute Gasteiger partial charge is 0.445 e. The minimum atomic E-state index is -0.387. The lowest BCUT2D eigenvalue weighted by atomic mass is 9.99. The molecule has 3 nitrogen and oxygen atoms in total. The third-order valence-electron chi connectivity index (χ3n) is 3.31. The van der Waals surface area contributed by atoms with Gasteiger partial charge in [0, 0.05) is 6.04 Å². The van der Waals surface area contributed by atoms with Crippen molar-refractivity contribution in [1.29, 1.82) is 0 Å². The Morgan fingerprint density at radius 2 is 2.05 bits per heavy atom. The number of amides is 1. The van der Waals surface area contributed by atoms with Crippen LogP contribution in [0.3, 0.4) is 0 Å². The average Bonchev–Trinajstić information content (AvgIpc) is 2.52. The van der Waals surface area contributed by atoms with Crippen LogP contribution in [-0.4, -0.2) is 12.1 Å². The summed E-state index contributed by atoms with van der Waals surface area (Å²) in [6.07, 6.45) is 7.42. The van der Waals surface area contributed by atoms with Crippen LogP contribution in [0.2, 0.25) is 0 Å². The molecule has 0 aliphatic carbocycles.